The number of nitrogens with one attached hydrogen (secondary N) is 6. The van der Waals surface area contributed by atoms with E-state index in [1.807, 2.05) is 0 Å². The molecule has 172 valence electrons. The molecule has 3 heterocycles. The molecule has 4 rings (SSSR count). The van der Waals surface area contributed by atoms with Gasteiger partial charge in [0.05, 0.1) is 4.95 Å². The molecule has 0 spiro atoms. The van der Waals surface area contributed by atoms with Crippen LogP contribution >= 0.6 is 15.9 Å². The Morgan fingerprint density at radius 2 is 1.87 bits per heavy atom. The maximum Gasteiger partial charge on any atom is 0.223 e. The minimum Gasteiger partial charge on any atom is -0.353 e. The topological polar surface area (TPSA) is 89.2 Å². The summed E-state index contributed by atoms with van der Waals surface area (Å²) in [6.07, 6.45) is 9.09. The molecule has 1 amide bonds. The maximum atomic E-state index is 12.8. The molecule has 0 aromatic rings. The fraction of sp³-hybridized carbons (Fsp3) is 0.955. The number of piperidine rings is 2. The van der Waals surface area contributed by atoms with Gasteiger partial charge in [-0.05, 0) is 89.4 Å². The van der Waals surface area contributed by atoms with E-state index in [0.29, 0.717) is 18.0 Å². The average molecular weight is 486 g/mol. The predicted molar refractivity (Wildman–Crippen MR) is 124 cm³/mol. The highest BCUT2D eigenvalue weighted by atomic mass is 79.9. The van der Waals surface area contributed by atoms with Gasteiger partial charge in [-0.25, -0.2) is 0 Å². The van der Waals surface area contributed by atoms with Crippen LogP contribution in [0.4, 0.5) is 0 Å². The minimum atomic E-state index is 0.132. The summed E-state index contributed by atoms with van der Waals surface area (Å²) in [4.78, 5) is 13.1. The third-order valence-corrected chi connectivity index (χ3v) is 8.43. The Balaban J connectivity index is 1.26. The second kappa shape index (κ2) is 11.1. The third kappa shape index (κ3) is 6.17. The zero-order valence-corrected chi connectivity index (χ0v) is 20.0. The van der Waals surface area contributed by atoms with Crippen LogP contribution in [0.15, 0.2) is 0 Å². The summed E-state index contributed by atoms with van der Waals surface area (Å²) >= 11 is 3.61. The summed E-state index contributed by atoms with van der Waals surface area (Å²) in [6, 6.07) is 1.30. The summed E-state index contributed by atoms with van der Waals surface area (Å²) in [5, 5.41) is 21.6. The molecule has 0 aromatic heterocycles. The van der Waals surface area contributed by atoms with E-state index in [4.69, 9.17) is 0 Å². The molecule has 8 unspecified atom stereocenters. The van der Waals surface area contributed by atoms with Crippen LogP contribution in [-0.4, -0.2) is 61.5 Å². The largest absolute Gasteiger partial charge is 0.353 e. The molecule has 0 radical (unpaired) electrons. The monoisotopic (exact) mass is 484 g/mol. The normalized spacial score (nSPS) is 43.1. The molecule has 6 N–H and O–H groups in total. The number of carbonyl (C=O) groups excluding carboxylic acids is 1. The Labute approximate surface area is 190 Å². The highest BCUT2D eigenvalue weighted by Crippen LogP contribution is 2.27. The number of halogens is 1. The third-order valence-electron chi connectivity index (χ3n) is 7.73. The van der Waals surface area contributed by atoms with Gasteiger partial charge in [0.1, 0.15) is 6.29 Å². The molecule has 0 aromatic carbocycles. The van der Waals surface area contributed by atoms with E-state index in [2.05, 4.69) is 54.8 Å². The SMILES string of the molecule is CC1CCC(NC(=O)C2CCNC(Br)C2)CC1NC1NCCC(C2CCCNC2)N1. The maximum absolute atomic E-state index is 12.8. The van der Waals surface area contributed by atoms with Crippen molar-refractivity contribution in [2.24, 2.45) is 17.8 Å². The Hall–Kier alpha value is -0.250. The van der Waals surface area contributed by atoms with Gasteiger partial charge in [0.25, 0.3) is 0 Å². The smallest absolute Gasteiger partial charge is 0.223 e. The van der Waals surface area contributed by atoms with E-state index < -0.39 is 0 Å². The van der Waals surface area contributed by atoms with Crippen LogP contribution in [0.1, 0.15) is 58.3 Å². The first-order valence-corrected chi connectivity index (χ1v) is 13.1. The van der Waals surface area contributed by atoms with Crippen molar-refractivity contribution >= 4 is 21.8 Å². The van der Waals surface area contributed by atoms with Crippen molar-refractivity contribution in [2.75, 3.05) is 26.2 Å². The van der Waals surface area contributed by atoms with Crippen LogP contribution in [0.3, 0.4) is 0 Å². The first-order chi connectivity index (χ1) is 14.6. The molecule has 4 fully saturated rings. The molecule has 1 saturated carbocycles. The zero-order valence-electron chi connectivity index (χ0n) is 18.4. The highest BCUT2D eigenvalue weighted by Gasteiger charge is 2.34. The van der Waals surface area contributed by atoms with Gasteiger partial charge < -0.3 is 16.0 Å². The van der Waals surface area contributed by atoms with Gasteiger partial charge in [-0.3, -0.25) is 20.7 Å². The van der Waals surface area contributed by atoms with Crippen molar-refractivity contribution in [2.45, 2.75) is 87.7 Å². The Morgan fingerprint density at radius 3 is 2.67 bits per heavy atom. The molecule has 4 aliphatic rings. The van der Waals surface area contributed by atoms with Crippen LogP contribution in [0.2, 0.25) is 0 Å². The highest BCUT2D eigenvalue weighted by molar-refractivity contribution is 9.09. The summed E-state index contributed by atoms with van der Waals surface area (Å²) in [5.74, 6) is 1.75. The van der Waals surface area contributed by atoms with E-state index in [1.165, 1.54) is 32.2 Å². The number of rotatable bonds is 5. The molecule has 8 heteroatoms. The van der Waals surface area contributed by atoms with E-state index >= 15 is 0 Å². The van der Waals surface area contributed by atoms with E-state index in [0.717, 1.165) is 51.2 Å². The van der Waals surface area contributed by atoms with Gasteiger partial charge >= 0.3 is 0 Å². The lowest BCUT2D eigenvalue weighted by Crippen LogP contribution is -2.66. The standard InChI is InChI=1S/C22H41BrN6O/c1-14-4-5-17(27-21(30)15-6-9-25-20(23)11-15)12-19(14)29-22-26-10-7-18(28-22)16-3-2-8-24-13-16/h14-20,22,24-26,28-29H,2-13H2,1H3,(H,27,30). The van der Waals surface area contributed by atoms with Crippen molar-refractivity contribution in [1.82, 2.24) is 31.9 Å². The van der Waals surface area contributed by atoms with Gasteiger partial charge in [0.15, 0.2) is 0 Å². The lowest BCUT2D eigenvalue weighted by Gasteiger charge is -2.43. The van der Waals surface area contributed by atoms with Crippen LogP contribution < -0.4 is 31.9 Å². The first kappa shape index (κ1) is 22.9. The Morgan fingerprint density at radius 1 is 1.00 bits per heavy atom. The van der Waals surface area contributed by atoms with Crippen molar-refractivity contribution < 1.29 is 4.79 Å². The van der Waals surface area contributed by atoms with Crippen LogP contribution in [0.25, 0.3) is 0 Å². The van der Waals surface area contributed by atoms with Crippen molar-refractivity contribution in [3.8, 4) is 0 Å². The lowest BCUT2D eigenvalue weighted by atomic mass is 9.82. The predicted octanol–water partition coefficient (Wildman–Crippen LogP) is 1.20. The number of hydrogen-bond donors (Lipinski definition) is 6. The average Bonchev–Trinajstić information content (AvgIpc) is 2.77. The fourth-order valence-corrected chi connectivity index (χ4v) is 6.44. The van der Waals surface area contributed by atoms with Crippen molar-refractivity contribution in [3.63, 3.8) is 0 Å². The minimum absolute atomic E-state index is 0.132. The molecule has 1 aliphatic carbocycles. The van der Waals surface area contributed by atoms with E-state index in [1.54, 1.807) is 0 Å². The molecule has 8 atom stereocenters. The molecule has 7 nitrogen and oxygen atoms in total. The van der Waals surface area contributed by atoms with Crippen LogP contribution in [0, 0.1) is 17.8 Å². The van der Waals surface area contributed by atoms with Crippen LogP contribution in [-0.2, 0) is 4.79 Å². The van der Waals surface area contributed by atoms with Crippen LogP contribution in [0.5, 0.6) is 0 Å². The van der Waals surface area contributed by atoms with Gasteiger partial charge in [-0.1, -0.05) is 22.9 Å². The number of amides is 1. The summed E-state index contributed by atoms with van der Waals surface area (Å²) < 4.78 is 0. The summed E-state index contributed by atoms with van der Waals surface area (Å²) in [6.45, 7) is 6.64. The summed E-state index contributed by atoms with van der Waals surface area (Å²) in [5.41, 5.74) is 0. The first-order valence-electron chi connectivity index (χ1n) is 12.2. The number of alkyl halides is 1. The van der Waals surface area contributed by atoms with Crippen molar-refractivity contribution in [1.29, 1.82) is 0 Å². The Bertz CT molecular complexity index is 560. The zero-order chi connectivity index (χ0) is 20.9. The Kier molecular flexibility index (Phi) is 8.45. The fourth-order valence-electron chi connectivity index (χ4n) is 5.76. The summed E-state index contributed by atoms with van der Waals surface area (Å²) in [7, 11) is 0. The lowest BCUT2D eigenvalue weighted by molar-refractivity contribution is -0.126. The quantitative estimate of drug-likeness (QED) is 0.259. The second-order valence-electron chi connectivity index (χ2n) is 9.97. The van der Waals surface area contributed by atoms with Gasteiger partial charge in [0.2, 0.25) is 5.91 Å². The molecular weight excluding hydrogens is 444 g/mol. The van der Waals surface area contributed by atoms with Gasteiger partial charge in [-0.2, -0.15) is 0 Å². The van der Waals surface area contributed by atoms with E-state index in [9.17, 15) is 4.79 Å². The van der Waals surface area contributed by atoms with E-state index in [-0.39, 0.29) is 29.1 Å². The number of hydrogen-bond acceptors (Lipinski definition) is 6. The molecule has 0 bridgehead atoms. The van der Waals surface area contributed by atoms with Crippen molar-refractivity contribution in [3.05, 3.63) is 0 Å². The van der Waals surface area contributed by atoms with Gasteiger partial charge in [0, 0.05) is 24.0 Å². The number of carbonyl (C=O) groups is 1. The molecule has 30 heavy (non-hydrogen) atoms. The molecule has 3 aliphatic heterocycles. The molecular formula is C22H41BrN6O. The molecule has 3 saturated heterocycles. The second-order valence-corrected chi connectivity index (χ2v) is 11.1. The van der Waals surface area contributed by atoms with Gasteiger partial charge in [-0.15, -0.1) is 0 Å².